The Balaban J connectivity index is 1.86. The van der Waals surface area contributed by atoms with Crippen LogP contribution in [0.25, 0.3) is 11.6 Å². The highest BCUT2D eigenvalue weighted by atomic mass is 32.2. The number of nitrogens with zero attached hydrogens (tertiary/aromatic N) is 2. The molecule has 0 unspecified atom stereocenters. The van der Waals surface area contributed by atoms with E-state index in [9.17, 15) is 13.2 Å². The number of amides is 1. The van der Waals surface area contributed by atoms with E-state index in [2.05, 4.69) is 14.7 Å². The van der Waals surface area contributed by atoms with Crippen molar-refractivity contribution in [2.75, 3.05) is 14.2 Å². The fourth-order valence-electron chi connectivity index (χ4n) is 3.18. The predicted octanol–water partition coefficient (Wildman–Crippen LogP) is 3.89. The first kappa shape index (κ1) is 25.8. The minimum atomic E-state index is -3.99. The Hall–Kier alpha value is -3.82. The van der Waals surface area contributed by atoms with Crippen molar-refractivity contribution in [3.63, 3.8) is 0 Å². The molecule has 0 atom stereocenters. The summed E-state index contributed by atoms with van der Waals surface area (Å²) in [5.41, 5.74) is 2.70. The Morgan fingerprint density at radius 2 is 1.69 bits per heavy atom. The van der Waals surface area contributed by atoms with Gasteiger partial charge >= 0.3 is 0 Å². The zero-order chi connectivity index (χ0) is 25.3. The maximum Gasteiger partial charge on any atom is 0.277 e. The van der Waals surface area contributed by atoms with Crippen molar-refractivity contribution in [2.45, 2.75) is 11.3 Å². The van der Waals surface area contributed by atoms with Gasteiger partial charge in [0.15, 0.2) is 0 Å². The first-order valence-electron chi connectivity index (χ1n) is 10.6. The van der Waals surface area contributed by atoms with E-state index in [4.69, 9.17) is 17.4 Å². The molecule has 180 valence electrons. The van der Waals surface area contributed by atoms with Gasteiger partial charge in [-0.25, -0.2) is 13.4 Å². The lowest BCUT2D eigenvalue weighted by atomic mass is 10.0. The third-order valence-electron chi connectivity index (χ3n) is 4.90. The summed E-state index contributed by atoms with van der Waals surface area (Å²) in [4.78, 5) is 20.7. The highest BCUT2D eigenvalue weighted by Gasteiger charge is 2.19. The molecule has 3 aromatic carbocycles. The molecule has 0 aliphatic carbocycles. The van der Waals surface area contributed by atoms with Gasteiger partial charge in [-0.05, 0) is 40.1 Å². The molecule has 3 aromatic rings. The summed E-state index contributed by atoms with van der Waals surface area (Å²) in [5, 5.41) is -0.164. The number of nitrogens with one attached hydrogen (secondary N) is 1. The Labute approximate surface area is 210 Å². The van der Waals surface area contributed by atoms with Gasteiger partial charge in [-0.3, -0.25) is 14.5 Å². The molecule has 1 amide bonds. The minimum absolute atomic E-state index is 0.0859. The highest BCUT2D eigenvalue weighted by Crippen LogP contribution is 2.25. The summed E-state index contributed by atoms with van der Waals surface area (Å²) in [6.07, 6.45) is 3.48. The number of carbonyl (C=O) groups is 1. The number of methoxy groups -OCH3 is 1. The van der Waals surface area contributed by atoms with Crippen LogP contribution in [0, 0.1) is 0 Å². The molecule has 0 radical (unpaired) electrons. The molecular weight excluding hydrogens is 482 g/mol. The van der Waals surface area contributed by atoms with Gasteiger partial charge < -0.3 is 17.4 Å². The van der Waals surface area contributed by atoms with E-state index in [0.717, 1.165) is 11.1 Å². The van der Waals surface area contributed by atoms with Gasteiger partial charge in [0.25, 0.3) is 15.9 Å². The largest absolute Gasteiger partial charge is 0.742 e. The average molecular weight is 507 g/mol. The lowest BCUT2D eigenvalue weighted by Crippen LogP contribution is -2.29. The molecule has 0 aliphatic rings. The Morgan fingerprint density at radius 1 is 1.03 bits per heavy atom. The second kappa shape index (κ2) is 12.0. The third-order valence-corrected chi connectivity index (χ3v) is 6.68. The number of carbonyl (C=O) groups excluding carboxylic acids is 1. The van der Waals surface area contributed by atoms with Crippen molar-refractivity contribution >= 4 is 51.6 Å². The Morgan fingerprint density at radius 3 is 2.31 bits per heavy atom. The van der Waals surface area contributed by atoms with Gasteiger partial charge in [-0.2, -0.15) is 0 Å². The molecular formula is C26H24N3O4S2-. The van der Waals surface area contributed by atoms with E-state index in [1.54, 1.807) is 12.1 Å². The zero-order valence-electron chi connectivity index (χ0n) is 19.2. The molecule has 9 heteroatoms. The second-order valence-electron chi connectivity index (χ2n) is 7.28. The summed E-state index contributed by atoms with van der Waals surface area (Å²) in [7, 11) is -1.23. The molecule has 0 fully saturated rings. The van der Waals surface area contributed by atoms with Crippen molar-refractivity contribution in [3.8, 4) is 5.75 Å². The topological polar surface area (TPSA) is 97.2 Å². The molecule has 0 aliphatic heterocycles. The molecule has 0 bridgehead atoms. The van der Waals surface area contributed by atoms with Crippen LogP contribution in [0.4, 0.5) is 0 Å². The molecule has 0 saturated carbocycles. The van der Waals surface area contributed by atoms with E-state index in [1.807, 2.05) is 60.7 Å². The number of hydrogen-bond donors (Lipinski definition) is 1. The van der Waals surface area contributed by atoms with Crippen LogP contribution in [0.2, 0.25) is 0 Å². The summed E-state index contributed by atoms with van der Waals surface area (Å²) in [6.45, 7) is 0. The van der Waals surface area contributed by atoms with Crippen LogP contribution in [0.5, 0.6) is 5.75 Å². The fraction of sp³-hybridized carbons (Fsp3) is 0.115. The molecule has 35 heavy (non-hydrogen) atoms. The van der Waals surface area contributed by atoms with Gasteiger partial charge in [0.05, 0.1) is 7.11 Å². The first-order valence-corrected chi connectivity index (χ1v) is 12.5. The van der Waals surface area contributed by atoms with Crippen LogP contribution in [0.15, 0.2) is 93.7 Å². The minimum Gasteiger partial charge on any atom is -0.742 e. The van der Waals surface area contributed by atoms with Crippen molar-refractivity contribution in [3.05, 3.63) is 95.6 Å². The molecule has 0 spiro atoms. The lowest BCUT2D eigenvalue weighted by molar-refractivity contribution is -0.112. The molecule has 0 aromatic heterocycles. The van der Waals surface area contributed by atoms with Crippen molar-refractivity contribution in [2.24, 2.45) is 9.98 Å². The monoisotopic (exact) mass is 506 g/mol. The van der Waals surface area contributed by atoms with E-state index < -0.39 is 15.9 Å². The van der Waals surface area contributed by atoms with Crippen molar-refractivity contribution < 1.29 is 17.9 Å². The second-order valence-corrected chi connectivity index (χ2v) is 9.31. The summed E-state index contributed by atoms with van der Waals surface area (Å²) in [5.74, 6) is -0.247. The van der Waals surface area contributed by atoms with E-state index >= 15 is 0 Å². The molecule has 0 saturated heterocycles. The number of aliphatic imine (C=N–C) groups is 2. The number of amidine groups is 1. The van der Waals surface area contributed by atoms with E-state index in [1.165, 1.54) is 32.5 Å². The SMILES string of the molecule is CN=C([S-])NS(=O)(=O)c1cc(CC=NC(=O)/C(=C/c2ccccc2)c2ccccc2)ccc1OC. The molecule has 1 N–H and O–H groups in total. The quantitative estimate of drug-likeness (QED) is 0.164. The number of ether oxygens (including phenoxy) is 1. The molecule has 3 rings (SSSR count). The molecule has 7 nitrogen and oxygen atoms in total. The predicted molar refractivity (Wildman–Crippen MR) is 142 cm³/mol. The van der Waals surface area contributed by atoms with Crippen molar-refractivity contribution in [1.29, 1.82) is 0 Å². The third kappa shape index (κ3) is 7.08. The van der Waals surface area contributed by atoms with E-state index in [-0.39, 0.29) is 22.2 Å². The Kier molecular flexibility index (Phi) is 8.88. The van der Waals surface area contributed by atoms with Crippen LogP contribution in [-0.4, -0.2) is 39.9 Å². The zero-order valence-corrected chi connectivity index (χ0v) is 20.8. The summed E-state index contributed by atoms with van der Waals surface area (Å²) in [6, 6.07) is 23.5. The van der Waals surface area contributed by atoms with Gasteiger partial charge in [-0.15, -0.1) is 0 Å². The van der Waals surface area contributed by atoms with Crippen LogP contribution >= 0.6 is 0 Å². The maximum absolute atomic E-state index is 13.0. The van der Waals surface area contributed by atoms with E-state index in [0.29, 0.717) is 11.1 Å². The van der Waals surface area contributed by atoms with Crippen LogP contribution in [0.1, 0.15) is 16.7 Å². The van der Waals surface area contributed by atoms with Crippen molar-refractivity contribution in [1.82, 2.24) is 4.72 Å². The summed E-state index contributed by atoms with van der Waals surface area (Å²) >= 11 is 4.86. The normalized spacial score (nSPS) is 12.5. The number of benzene rings is 3. The van der Waals surface area contributed by atoms with Gasteiger partial charge in [0.1, 0.15) is 10.6 Å². The van der Waals surface area contributed by atoms with Crippen LogP contribution in [-0.2, 0) is 33.9 Å². The summed E-state index contributed by atoms with van der Waals surface area (Å²) < 4.78 is 32.8. The standard InChI is InChI=1S/C26H25N3O4S2/c1-27-26(34)29-35(31,32)24-18-20(13-14-23(24)33-2)15-16-28-25(30)22(21-11-7-4-8-12-21)17-19-9-5-3-6-10-19/h3-14,16-18H,15H2,1-2H3,(H2,27,29,34)/p-1/b22-17+,28-16?. The van der Waals surface area contributed by atoms with Gasteiger partial charge in [0, 0.05) is 25.3 Å². The highest BCUT2D eigenvalue weighted by molar-refractivity contribution is 7.92. The number of rotatable bonds is 8. The van der Waals surface area contributed by atoms with Gasteiger partial charge in [0.2, 0.25) is 0 Å². The lowest BCUT2D eigenvalue weighted by Gasteiger charge is -2.16. The smallest absolute Gasteiger partial charge is 0.277 e. The van der Waals surface area contributed by atoms with Crippen LogP contribution < -0.4 is 9.46 Å². The Bertz CT molecular complexity index is 1370. The maximum atomic E-state index is 13.0. The average Bonchev–Trinajstić information content (AvgIpc) is 2.88. The molecule has 0 heterocycles. The van der Waals surface area contributed by atoms with Crippen LogP contribution in [0.3, 0.4) is 0 Å². The number of hydrogen-bond acceptors (Lipinski definition) is 6. The van der Waals surface area contributed by atoms with Gasteiger partial charge in [-0.1, -0.05) is 66.7 Å². The fourth-order valence-corrected chi connectivity index (χ4v) is 4.66. The first-order chi connectivity index (χ1) is 16.8. The number of sulfonamides is 1.